The van der Waals surface area contributed by atoms with Gasteiger partial charge in [-0.25, -0.2) is 0 Å². The van der Waals surface area contributed by atoms with Gasteiger partial charge in [-0.15, -0.1) is 0 Å². The monoisotopic (exact) mass is 236 g/mol. The molecule has 4 heteroatoms. The zero-order chi connectivity index (χ0) is 12.4. The first-order valence-electron chi connectivity index (χ1n) is 5.78. The van der Waals surface area contributed by atoms with Crippen LogP contribution in [-0.4, -0.2) is 28.9 Å². The minimum Gasteiger partial charge on any atom is -0.508 e. The van der Waals surface area contributed by atoms with Crippen molar-refractivity contribution in [3.05, 3.63) is 29.3 Å². The van der Waals surface area contributed by atoms with E-state index in [1.54, 1.807) is 12.1 Å². The number of carboxylic acid groups (broad SMARTS) is 1. The number of benzene rings is 1. The molecule has 2 atom stereocenters. The molecule has 0 saturated carbocycles. The normalized spacial score (nSPS) is 19.9. The van der Waals surface area contributed by atoms with Crippen molar-refractivity contribution in [1.82, 2.24) is 0 Å². The van der Waals surface area contributed by atoms with Gasteiger partial charge in [-0.3, -0.25) is 4.79 Å². The second-order valence-electron chi connectivity index (χ2n) is 4.32. The summed E-state index contributed by atoms with van der Waals surface area (Å²) in [6.07, 6.45) is 1.29. The number of aryl methyl sites for hydroxylation is 1. The molecule has 1 fully saturated rings. The molecule has 0 bridgehead atoms. The summed E-state index contributed by atoms with van der Waals surface area (Å²) < 4.78 is 5.10. The highest BCUT2D eigenvalue weighted by Gasteiger charge is 2.32. The van der Waals surface area contributed by atoms with Gasteiger partial charge >= 0.3 is 5.97 Å². The Kier molecular flexibility index (Phi) is 3.33. The number of rotatable bonds is 5. The molecule has 2 N–H and O–H groups in total. The van der Waals surface area contributed by atoms with Crippen molar-refractivity contribution in [1.29, 1.82) is 0 Å². The maximum atomic E-state index is 11.3. The van der Waals surface area contributed by atoms with Gasteiger partial charge in [0.2, 0.25) is 0 Å². The summed E-state index contributed by atoms with van der Waals surface area (Å²) in [7, 11) is 0. The predicted octanol–water partition coefficient (Wildman–Crippen LogP) is 1.91. The average molecular weight is 236 g/mol. The highest BCUT2D eigenvalue weighted by atomic mass is 16.6. The van der Waals surface area contributed by atoms with E-state index in [-0.39, 0.29) is 11.9 Å². The SMILES string of the molecule is CCc1cc(O)ccc1C(C[C@@H]1CO1)C(=O)O. The van der Waals surface area contributed by atoms with Crippen LogP contribution in [0.4, 0.5) is 0 Å². The van der Waals surface area contributed by atoms with Gasteiger partial charge in [0.1, 0.15) is 5.75 Å². The van der Waals surface area contributed by atoms with Crippen LogP contribution in [0.25, 0.3) is 0 Å². The quantitative estimate of drug-likeness (QED) is 0.766. The number of hydrogen-bond donors (Lipinski definition) is 2. The largest absolute Gasteiger partial charge is 0.508 e. The van der Waals surface area contributed by atoms with Gasteiger partial charge in [-0.05, 0) is 36.1 Å². The molecule has 4 nitrogen and oxygen atoms in total. The standard InChI is InChI=1S/C13H16O4/c1-2-8-5-9(14)3-4-11(8)12(13(15)16)6-10-7-17-10/h3-5,10,12,14H,2,6-7H2,1H3,(H,15,16)/t10-,12?/m1/s1. The Morgan fingerprint density at radius 3 is 2.82 bits per heavy atom. The summed E-state index contributed by atoms with van der Waals surface area (Å²) in [4.78, 5) is 11.3. The van der Waals surface area contributed by atoms with E-state index in [1.807, 2.05) is 6.92 Å². The molecule has 1 aliphatic heterocycles. The first kappa shape index (κ1) is 11.9. The fourth-order valence-corrected chi connectivity index (χ4v) is 2.07. The second kappa shape index (κ2) is 4.75. The minimum atomic E-state index is -0.833. The highest BCUT2D eigenvalue weighted by Crippen LogP contribution is 2.31. The van der Waals surface area contributed by atoms with Crippen molar-refractivity contribution >= 4 is 5.97 Å². The molecule has 1 aromatic carbocycles. The van der Waals surface area contributed by atoms with E-state index in [1.165, 1.54) is 6.07 Å². The molecule has 92 valence electrons. The van der Waals surface area contributed by atoms with Gasteiger partial charge in [0.25, 0.3) is 0 Å². The number of carboxylic acids is 1. The number of aromatic hydroxyl groups is 1. The van der Waals surface area contributed by atoms with Crippen LogP contribution in [0, 0.1) is 0 Å². The van der Waals surface area contributed by atoms with Gasteiger partial charge in [-0.1, -0.05) is 13.0 Å². The van der Waals surface area contributed by atoms with Crippen LogP contribution in [0.1, 0.15) is 30.4 Å². The Labute approximate surface area is 99.8 Å². The lowest BCUT2D eigenvalue weighted by atomic mass is 9.89. The Bertz CT molecular complexity index is 423. The number of hydrogen-bond acceptors (Lipinski definition) is 3. The molecular weight excluding hydrogens is 220 g/mol. The number of aliphatic carboxylic acids is 1. The van der Waals surface area contributed by atoms with Crippen LogP contribution in [0.2, 0.25) is 0 Å². The third-order valence-corrected chi connectivity index (χ3v) is 3.08. The van der Waals surface area contributed by atoms with E-state index in [0.717, 1.165) is 11.1 Å². The van der Waals surface area contributed by atoms with Crippen LogP contribution in [0.3, 0.4) is 0 Å². The molecule has 0 radical (unpaired) electrons. The third kappa shape index (κ3) is 2.77. The topological polar surface area (TPSA) is 70.1 Å². The van der Waals surface area contributed by atoms with E-state index >= 15 is 0 Å². The van der Waals surface area contributed by atoms with Crippen molar-refractivity contribution in [2.75, 3.05) is 6.61 Å². The van der Waals surface area contributed by atoms with Crippen molar-refractivity contribution in [3.63, 3.8) is 0 Å². The summed E-state index contributed by atoms with van der Waals surface area (Å²) in [6.45, 7) is 2.61. The van der Waals surface area contributed by atoms with Gasteiger partial charge in [0.15, 0.2) is 0 Å². The Morgan fingerprint density at radius 1 is 1.59 bits per heavy atom. The molecular formula is C13H16O4. The van der Waals surface area contributed by atoms with Crippen molar-refractivity contribution < 1.29 is 19.7 Å². The number of carbonyl (C=O) groups is 1. The highest BCUT2D eigenvalue weighted by molar-refractivity contribution is 5.77. The van der Waals surface area contributed by atoms with E-state index in [9.17, 15) is 15.0 Å². The molecule has 1 unspecified atom stereocenters. The Balaban J connectivity index is 2.30. The van der Waals surface area contributed by atoms with E-state index in [4.69, 9.17) is 4.74 Å². The van der Waals surface area contributed by atoms with Gasteiger partial charge in [-0.2, -0.15) is 0 Å². The van der Waals surface area contributed by atoms with Crippen molar-refractivity contribution in [2.24, 2.45) is 0 Å². The maximum Gasteiger partial charge on any atom is 0.311 e. The number of phenolic OH excluding ortho intramolecular Hbond substituents is 1. The molecule has 1 aromatic rings. The number of epoxide rings is 1. The fraction of sp³-hybridized carbons (Fsp3) is 0.462. The lowest BCUT2D eigenvalue weighted by Gasteiger charge is -2.15. The summed E-state index contributed by atoms with van der Waals surface area (Å²) in [5, 5.41) is 18.7. The molecule has 0 aromatic heterocycles. The summed E-state index contributed by atoms with van der Waals surface area (Å²) in [5.74, 6) is -1.20. The molecule has 0 aliphatic carbocycles. The van der Waals surface area contributed by atoms with Gasteiger partial charge in [0.05, 0.1) is 18.6 Å². The first-order chi connectivity index (χ1) is 8.11. The molecule has 1 saturated heterocycles. The Morgan fingerprint density at radius 2 is 2.29 bits per heavy atom. The smallest absolute Gasteiger partial charge is 0.311 e. The van der Waals surface area contributed by atoms with Crippen LogP contribution < -0.4 is 0 Å². The zero-order valence-corrected chi connectivity index (χ0v) is 9.72. The molecule has 2 rings (SSSR count). The first-order valence-corrected chi connectivity index (χ1v) is 5.78. The molecule has 0 spiro atoms. The molecule has 17 heavy (non-hydrogen) atoms. The fourth-order valence-electron chi connectivity index (χ4n) is 2.07. The minimum absolute atomic E-state index is 0.0783. The second-order valence-corrected chi connectivity index (χ2v) is 4.32. The lowest BCUT2D eigenvalue weighted by molar-refractivity contribution is -0.139. The van der Waals surface area contributed by atoms with E-state index in [2.05, 4.69) is 0 Å². The lowest BCUT2D eigenvalue weighted by Crippen LogP contribution is -2.15. The number of phenols is 1. The van der Waals surface area contributed by atoms with Gasteiger partial charge in [0, 0.05) is 0 Å². The average Bonchev–Trinajstić information content (AvgIpc) is 3.09. The van der Waals surface area contributed by atoms with E-state index < -0.39 is 11.9 Å². The Hall–Kier alpha value is -1.55. The van der Waals surface area contributed by atoms with Crippen LogP contribution in [-0.2, 0) is 16.0 Å². The van der Waals surface area contributed by atoms with E-state index in [0.29, 0.717) is 19.4 Å². The third-order valence-electron chi connectivity index (χ3n) is 3.08. The van der Waals surface area contributed by atoms with Crippen LogP contribution >= 0.6 is 0 Å². The number of ether oxygens (including phenoxy) is 1. The van der Waals surface area contributed by atoms with Gasteiger partial charge < -0.3 is 14.9 Å². The summed E-state index contributed by atoms with van der Waals surface area (Å²) >= 11 is 0. The van der Waals surface area contributed by atoms with Crippen molar-refractivity contribution in [2.45, 2.75) is 31.8 Å². The summed E-state index contributed by atoms with van der Waals surface area (Å²) in [6, 6.07) is 4.88. The summed E-state index contributed by atoms with van der Waals surface area (Å²) in [5.41, 5.74) is 1.67. The zero-order valence-electron chi connectivity index (χ0n) is 9.72. The maximum absolute atomic E-state index is 11.3. The van der Waals surface area contributed by atoms with Crippen LogP contribution in [0.5, 0.6) is 5.75 Å². The predicted molar refractivity (Wildman–Crippen MR) is 62.2 cm³/mol. The molecule has 1 heterocycles. The van der Waals surface area contributed by atoms with Crippen LogP contribution in [0.15, 0.2) is 18.2 Å². The van der Waals surface area contributed by atoms with Crippen molar-refractivity contribution in [3.8, 4) is 5.75 Å². The molecule has 0 amide bonds. The molecule has 1 aliphatic rings.